The van der Waals surface area contributed by atoms with Gasteiger partial charge in [0.1, 0.15) is 24.6 Å². The molecule has 1 saturated heterocycles. The van der Waals surface area contributed by atoms with Gasteiger partial charge >= 0.3 is 18.4 Å². The average Bonchev–Trinajstić information content (AvgIpc) is 2.69. The highest BCUT2D eigenvalue weighted by atomic mass is 19.4. The van der Waals surface area contributed by atoms with Crippen LogP contribution in [0.1, 0.15) is 11.3 Å². The summed E-state index contributed by atoms with van der Waals surface area (Å²) in [7, 11) is 0. The maximum atomic E-state index is 13.6. The fourth-order valence-corrected chi connectivity index (χ4v) is 3.17. The smallest absolute Gasteiger partial charge is 0.365 e. The van der Waals surface area contributed by atoms with Crippen LogP contribution in [-0.4, -0.2) is 45.2 Å². The molecule has 0 saturated carbocycles. The van der Waals surface area contributed by atoms with Crippen molar-refractivity contribution < 1.29 is 35.5 Å². The van der Waals surface area contributed by atoms with Gasteiger partial charge in [0.05, 0.1) is 5.39 Å². The van der Waals surface area contributed by atoms with Crippen LogP contribution in [0.25, 0.3) is 11.0 Å². The van der Waals surface area contributed by atoms with Gasteiger partial charge in [0, 0.05) is 24.5 Å². The minimum absolute atomic E-state index is 0.0274. The molecule has 0 unspecified atom stereocenters. The van der Waals surface area contributed by atoms with Gasteiger partial charge in [-0.25, -0.2) is 4.98 Å². The van der Waals surface area contributed by atoms with Gasteiger partial charge in [-0.05, 0) is 18.2 Å². The average molecular weight is 462 g/mol. The van der Waals surface area contributed by atoms with Crippen LogP contribution >= 0.6 is 0 Å². The summed E-state index contributed by atoms with van der Waals surface area (Å²) < 4.78 is 97.6. The third-order valence-corrected chi connectivity index (χ3v) is 4.40. The molecule has 4 rings (SSSR count). The Labute approximate surface area is 175 Å². The maximum absolute atomic E-state index is 13.6. The number of pyridine rings is 2. The molecular formula is C18H13F7N6O. The molecule has 3 aromatic rings. The predicted octanol–water partition coefficient (Wildman–Crippen LogP) is 4.07. The Morgan fingerprint density at radius 1 is 0.969 bits per heavy atom. The van der Waals surface area contributed by atoms with Crippen LogP contribution in [0, 0.1) is 0 Å². The molecule has 0 aliphatic carbocycles. The van der Waals surface area contributed by atoms with E-state index < -0.39 is 49.7 Å². The van der Waals surface area contributed by atoms with Crippen molar-refractivity contribution in [3.8, 4) is 0 Å². The first-order valence-corrected chi connectivity index (χ1v) is 9.02. The lowest BCUT2D eigenvalue weighted by molar-refractivity contribution is -0.380. The Morgan fingerprint density at radius 2 is 1.62 bits per heavy atom. The SMILES string of the molecule is FC1(F)CN(c2nc(NCc3cccnc3C(F)(F)F)c3cccnc3n2)CC(F)(F)O1. The van der Waals surface area contributed by atoms with E-state index in [9.17, 15) is 30.7 Å². The number of anilines is 2. The largest absolute Gasteiger partial charge is 0.433 e. The predicted molar refractivity (Wildman–Crippen MR) is 97.1 cm³/mol. The molecule has 0 spiro atoms. The number of hydrogen-bond donors (Lipinski definition) is 1. The molecule has 3 aromatic heterocycles. The lowest BCUT2D eigenvalue weighted by Gasteiger charge is -2.36. The van der Waals surface area contributed by atoms with Crippen molar-refractivity contribution in [2.45, 2.75) is 24.9 Å². The minimum atomic E-state index is -4.70. The Bertz CT molecular complexity index is 1120. The summed E-state index contributed by atoms with van der Waals surface area (Å²) >= 11 is 0. The third kappa shape index (κ3) is 4.64. The summed E-state index contributed by atoms with van der Waals surface area (Å²) in [6.45, 7) is -2.89. The highest BCUT2D eigenvalue weighted by Crippen LogP contribution is 2.36. The molecule has 7 nitrogen and oxygen atoms in total. The summed E-state index contributed by atoms with van der Waals surface area (Å²) in [6, 6.07) is 5.51. The molecule has 0 aromatic carbocycles. The number of nitrogens with one attached hydrogen (secondary N) is 1. The molecule has 4 heterocycles. The van der Waals surface area contributed by atoms with E-state index in [2.05, 4.69) is 30.0 Å². The first kappa shape index (κ1) is 21.9. The van der Waals surface area contributed by atoms with Crippen LogP contribution < -0.4 is 10.2 Å². The summed E-state index contributed by atoms with van der Waals surface area (Å²) in [4.78, 5) is 15.8. The Hall–Kier alpha value is -3.29. The van der Waals surface area contributed by atoms with Crippen LogP contribution in [-0.2, 0) is 17.5 Å². The van der Waals surface area contributed by atoms with Gasteiger partial charge in [0.25, 0.3) is 0 Å². The van der Waals surface area contributed by atoms with Crippen molar-refractivity contribution in [1.29, 1.82) is 0 Å². The molecule has 0 bridgehead atoms. The quantitative estimate of drug-likeness (QED) is 0.586. The molecule has 170 valence electrons. The second-order valence-corrected chi connectivity index (χ2v) is 6.84. The number of fused-ring (bicyclic) bond motifs is 1. The summed E-state index contributed by atoms with van der Waals surface area (Å²) in [5.74, 6) is -0.586. The van der Waals surface area contributed by atoms with Crippen LogP contribution in [0.2, 0.25) is 0 Å². The first-order chi connectivity index (χ1) is 14.9. The van der Waals surface area contributed by atoms with Gasteiger partial charge in [0.15, 0.2) is 5.65 Å². The van der Waals surface area contributed by atoms with E-state index in [1.165, 1.54) is 30.5 Å². The van der Waals surface area contributed by atoms with Crippen molar-refractivity contribution >= 4 is 22.8 Å². The molecule has 0 radical (unpaired) electrons. The molecule has 32 heavy (non-hydrogen) atoms. The second kappa shape index (κ2) is 7.69. The van der Waals surface area contributed by atoms with E-state index in [0.717, 1.165) is 6.20 Å². The van der Waals surface area contributed by atoms with E-state index in [1.807, 2.05) is 0 Å². The normalized spacial score (nSPS) is 18.0. The number of hydrogen-bond acceptors (Lipinski definition) is 7. The van der Waals surface area contributed by atoms with Gasteiger partial charge in [0.2, 0.25) is 5.95 Å². The third-order valence-electron chi connectivity index (χ3n) is 4.40. The maximum Gasteiger partial charge on any atom is 0.433 e. The van der Waals surface area contributed by atoms with Crippen molar-refractivity contribution in [3.05, 3.63) is 47.9 Å². The number of nitrogens with zero attached hydrogens (tertiary/aromatic N) is 5. The van der Waals surface area contributed by atoms with Crippen molar-refractivity contribution in [3.63, 3.8) is 0 Å². The Morgan fingerprint density at radius 3 is 2.31 bits per heavy atom. The number of ether oxygens (including phenoxy) is 1. The lowest BCUT2D eigenvalue weighted by Crippen LogP contribution is -2.55. The van der Waals surface area contributed by atoms with Gasteiger partial charge in [-0.2, -0.15) is 40.7 Å². The molecule has 14 heteroatoms. The van der Waals surface area contributed by atoms with Crippen molar-refractivity contribution in [1.82, 2.24) is 19.9 Å². The van der Waals surface area contributed by atoms with Crippen LogP contribution in [0.15, 0.2) is 36.7 Å². The molecule has 0 amide bonds. The number of aromatic nitrogens is 4. The monoisotopic (exact) mass is 462 g/mol. The fraction of sp³-hybridized carbons (Fsp3) is 0.333. The van der Waals surface area contributed by atoms with Crippen LogP contribution in [0.5, 0.6) is 0 Å². The molecule has 1 N–H and O–H groups in total. The molecule has 1 aliphatic rings. The Kier molecular flexibility index (Phi) is 5.27. The van der Waals surface area contributed by atoms with E-state index in [0.29, 0.717) is 4.90 Å². The molecular weight excluding hydrogens is 449 g/mol. The number of alkyl halides is 7. The summed E-state index contributed by atoms with van der Waals surface area (Å²) in [5, 5.41) is 2.92. The summed E-state index contributed by atoms with van der Waals surface area (Å²) in [5.41, 5.74) is -1.35. The number of halogens is 7. The highest BCUT2D eigenvalue weighted by molar-refractivity contribution is 5.87. The van der Waals surface area contributed by atoms with Crippen LogP contribution in [0.3, 0.4) is 0 Å². The number of rotatable bonds is 4. The van der Waals surface area contributed by atoms with Gasteiger partial charge in [-0.1, -0.05) is 6.07 Å². The van der Waals surface area contributed by atoms with Gasteiger partial charge < -0.3 is 10.2 Å². The molecule has 1 fully saturated rings. The van der Waals surface area contributed by atoms with Crippen molar-refractivity contribution in [2.75, 3.05) is 23.3 Å². The van der Waals surface area contributed by atoms with Crippen molar-refractivity contribution in [2.24, 2.45) is 0 Å². The van der Waals surface area contributed by atoms with Gasteiger partial charge in [-0.15, -0.1) is 0 Å². The standard InChI is InChI=1S/C18H13F7N6O/c19-16(20)8-31(9-17(21,22)32-16)15-29-13-11(4-2-6-27-13)14(30-15)28-7-10-3-1-5-26-12(10)18(23,24)25/h1-6H,7-9H2,(H,27,28,29,30). The minimum Gasteiger partial charge on any atom is -0.365 e. The van der Waals surface area contributed by atoms with E-state index in [4.69, 9.17) is 0 Å². The zero-order chi connectivity index (χ0) is 23.1. The van der Waals surface area contributed by atoms with E-state index in [1.54, 1.807) is 0 Å². The highest BCUT2D eigenvalue weighted by Gasteiger charge is 2.52. The lowest BCUT2D eigenvalue weighted by atomic mass is 10.2. The molecule has 0 atom stereocenters. The van der Waals surface area contributed by atoms with Gasteiger partial charge in [-0.3, -0.25) is 9.72 Å². The Balaban J connectivity index is 1.70. The zero-order valence-corrected chi connectivity index (χ0v) is 15.9. The van der Waals surface area contributed by atoms with E-state index in [-0.39, 0.29) is 22.4 Å². The van der Waals surface area contributed by atoms with E-state index >= 15 is 0 Å². The first-order valence-electron chi connectivity index (χ1n) is 9.02. The summed E-state index contributed by atoms with van der Waals surface area (Å²) in [6.07, 6.45) is -10.7. The van der Waals surface area contributed by atoms with Crippen LogP contribution in [0.4, 0.5) is 42.5 Å². The fourth-order valence-electron chi connectivity index (χ4n) is 3.17. The zero-order valence-electron chi connectivity index (χ0n) is 15.9. The topological polar surface area (TPSA) is 76.1 Å². The molecule has 1 aliphatic heterocycles. The number of morpholine rings is 1. The second-order valence-electron chi connectivity index (χ2n) is 6.84.